The number of rotatable bonds is 6. The molecule has 0 aliphatic carbocycles. The second-order valence-electron chi connectivity index (χ2n) is 8.31. The molecule has 4 rings (SSSR count). The van der Waals surface area contributed by atoms with Gasteiger partial charge in [0.1, 0.15) is 11.6 Å². The molecular formula is C22H26ClF3N4O2. The van der Waals surface area contributed by atoms with E-state index in [0.717, 1.165) is 44.0 Å². The lowest BCUT2D eigenvalue weighted by Gasteiger charge is -2.33. The molecular weight excluding hydrogens is 445 g/mol. The van der Waals surface area contributed by atoms with Crippen molar-refractivity contribution in [3.8, 4) is 0 Å². The maximum atomic E-state index is 12.8. The summed E-state index contributed by atoms with van der Waals surface area (Å²) in [5.74, 6) is 1.01. The summed E-state index contributed by atoms with van der Waals surface area (Å²) in [6, 6.07) is 4.72. The monoisotopic (exact) mass is 470 g/mol. The number of hydrogen-bond acceptors (Lipinski definition) is 5. The van der Waals surface area contributed by atoms with Crippen LogP contribution in [-0.4, -0.2) is 48.5 Å². The molecule has 174 valence electrons. The highest BCUT2D eigenvalue weighted by Crippen LogP contribution is 2.34. The second kappa shape index (κ2) is 9.70. The molecule has 2 fully saturated rings. The average molecular weight is 471 g/mol. The van der Waals surface area contributed by atoms with Crippen molar-refractivity contribution in [1.82, 2.24) is 15.2 Å². The molecule has 32 heavy (non-hydrogen) atoms. The van der Waals surface area contributed by atoms with E-state index in [0.29, 0.717) is 38.3 Å². The first kappa shape index (κ1) is 22.9. The van der Waals surface area contributed by atoms with Crippen molar-refractivity contribution in [2.24, 2.45) is 5.92 Å². The molecule has 2 aromatic heterocycles. The van der Waals surface area contributed by atoms with E-state index in [-0.39, 0.29) is 22.9 Å². The van der Waals surface area contributed by atoms with Gasteiger partial charge in [-0.25, -0.2) is 4.98 Å². The van der Waals surface area contributed by atoms with E-state index in [2.05, 4.69) is 15.2 Å². The number of carbonyl (C=O) groups excluding carboxylic acids is 1. The van der Waals surface area contributed by atoms with E-state index < -0.39 is 11.7 Å². The van der Waals surface area contributed by atoms with Crippen molar-refractivity contribution in [2.45, 2.75) is 37.9 Å². The number of alkyl halides is 3. The number of pyridine rings is 1. The maximum absolute atomic E-state index is 12.8. The Morgan fingerprint density at radius 2 is 1.97 bits per heavy atom. The van der Waals surface area contributed by atoms with E-state index >= 15 is 0 Å². The number of nitrogens with zero attached hydrogens (tertiary/aromatic N) is 3. The first-order chi connectivity index (χ1) is 15.3. The van der Waals surface area contributed by atoms with Gasteiger partial charge >= 0.3 is 6.18 Å². The Morgan fingerprint density at radius 3 is 2.56 bits per heavy atom. The summed E-state index contributed by atoms with van der Waals surface area (Å²) in [6.07, 6.45) is 1.42. The summed E-state index contributed by atoms with van der Waals surface area (Å²) in [4.78, 5) is 20.9. The van der Waals surface area contributed by atoms with Crippen molar-refractivity contribution < 1.29 is 22.4 Å². The predicted molar refractivity (Wildman–Crippen MR) is 114 cm³/mol. The van der Waals surface area contributed by atoms with Gasteiger partial charge in [-0.05, 0) is 57.0 Å². The Bertz CT molecular complexity index is 908. The summed E-state index contributed by atoms with van der Waals surface area (Å²) >= 11 is 6.07. The molecule has 1 atom stereocenters. The Hall–Kier alpha value is -2.26. The van der Waals surface area contributed by atoms with Gasteiger partial charge in [0.05, 0.1) is 22.9 Å². The fourth-order valence-corrected chi connectivity index (χ4v) is 4.74. The number of nitrogens with one attached hydrogen (secondary N) is 1. The summed E-state index contributed by atoms with van der Waals surface area (Å²) in [6.45, 7) is 3.47. The largest absolute Gasteiger partial charge is 0.468 e. The number of aromatic nitrogens is 1. The van der Waals surface area contributed by atoms with Crippen LogP contribution in [0.4, 0.5) is 19.0 Å². The third kappa shape index (κ3) is 5.20. The quantitative estimate of drug-likeness (QED) is 0.672. The van der Waals surface area contributed by atoms with Gasteiger partial charge in [-0.3, -0.25) is 9.69 Å². The van der Waals surface area contributed by atoms with Crippen LogP contribution in [0, 0.1) is 5.92 Å². The summed E-state index contributed by atoms with van der Waals surface area (Å²) < 4.78 is 44.1. The number of halogens is 4. The molecule has 2 aliphatic heterocycles. The van der Waals surface area contributed by atoms with Crippen LogP contribution in [0.2, 0.25) is 5.02 Å². The van der Waals surface area contributed by atoms with Crippen LogP contribution < -0.4 is 10.2 Å². The van der Waals surface area contributed by atoms with Crippen LogP contribution in [0.5, 0.6) is 0 Å². The fourth-order valence-electron chi connectivity index (χ4n) is 4.46. The molecule has 0 bridgehead atoms. The minimum atomic E-state index is -4.48. The van der Waals surface area contributed by atoms with Crippen LogP contribution in [0.3, 0.4) is 0 Å². The smallest absolute Gasteiger partial charge is 0.417 e. The summed E-state index contributed by atoms with van der Waals surface area (Å²) in [7, 11) is 0. The predicted octanol–water partition coefficient (Wildman–Crippen LogP) is 4.52. The first-order valence-corrected chi connectivity index (χ1v) is 11.2. The Balaban J connectivity index is 1.31. The van der Waals surface area contributed by atoms with E-state index in [1.807, 2.05) is 17.0 Å². The van der Waals surface area contributed by atoms with Gasteiger partial charge in [0.15, 0.2) is 0 Å². The van der Waals surface area contributed by atoms with E-state index in [1.54, 1.807) is 6.26 Å². The third-order valence-electron chi connectivity index (χ3n) is 6.24. The number of amides is 1. The molecule has 0 aromatic carbocycles. The minimum absolute atomic E-state index is 0.00752. The number of furan rings is 1. The van der Waals surface area contributed by atoms with Crippen LogP contribution in [-0.2, 0) is 11.0 Å². The van der Waals surface area contributed by atoms with Crippen molar-refractivity contribution >= 4 is 23.3 Å². The zero-order valence-corrected chi connectivity index (χ0v) is 18.3. The normalized spacial score (nSPS) is 19.3. The Kier molecular flexibility index (Phi) is 6.95. The van der Waals surface area contributed by atoms with E-state index in [9.17, 15) is 18.0 Å². The number of anilines is 1. The van der Waals surface area contributed by atoms with Crippen LogP contribution in [0.15, 0.2) is 35.1 Å². The van der Waals surface area contributed by atoms with E-state index in [1.165, 1.54) is 0 Å². The lowest BCUT2D eigenvalue weighted by molar-refractivity contribution is -0.137. The number of carbonyl (C=O) groups is 1. The van der Waals surface area contributed by atoms with Crippen molar-refractivity contribution in [2.75, 3.05) is 37.6 Å². The van der Waals surface area contributed by atoms with Gasteiger partial charge < -0.3 is 14.6 Å². The molecule has 0 spiro atoms. The number of likely N-dealkylation sites (tertiary alicyclic amines) is 1. The molecule has 10 heteroatoms. The van der Waals surface area contributed by atoms with Crippen LogP contribution >= 0.6 is 11.6 Å². The Morgan fingerprint density at radius 1 is 1.25 bits per heavy atom. The molecule has 0 radical (unpaired) electrons. The van der Waals surface area contributed by atoms with Crippen LogP contribution in [0.25, 0.3) is 0 Å². The first-order valence-electron chi connectivity index (χ1n) is 10.9. The van der Waals surface area contributed by atoms with Crippen LogP contribution in [0.1, 0.15) is 43.0 Å². The van der Waals surface area contributed by atoms with Gasteiger partial charge in [0, 0.05) is 31.7 Å². The molecule has 2 aromatic rings. The zero-order valence-electron chi connectivity index (χ0n) is 17.6. The van der Waals surface area contributed by atoms with Gasteiger partial charge in [0.2, 0.25) is 5.91 Å². The molecule has 2 saturated heterocycles. The molecule has 1 amide bonds. The highest BCUT2D eigenvalue weighted by Gasteiger charge is 2.33. The van der Waals surface area contributed by atoms with Crippen molar-refractivity contribution in [3.05, 3.63) is 47.0 Å². The van der Waals surface area contributed by atoms with Gasteiger partial charge in [-0.1, -0.05) is 11.6 Å². The standard InChI is InChI=1S/C22H26ClF3N4O2/c23-17-12-16(22(24,25)26)13-27-20(17)30-9-5-15(6-10-30)21(31)28-14-18(19-4-3-11-32-19)29-7-1-2-8-29/h3-4,11-13,15,18H,1-2,5-10,14H2,(H,28,31). The highest BCUT2D eigenvalue weighted by atomic mass is 35.5. The molecule has 4 heterocycles. The lowest BCUT2D eigenvalue weighted by Crippen LogP contribution is -2.43. The molecule has 2 aliphatic rings. The van der Waals surface area contributed by atoms with Gasteiger partial charge in [0.25, 0.3) is 0 Å². The third-order valence-corrected chi connectivity index (χ3v) is 6.52. The number of hydrogen-bond donors (Lipinski definition) is 1. The maximum Gasteiger partial charge on any atom is 0.417 e. The van der Waals surface area contributed by atoms with Crippen molar-refractivity contribution in [3.63, 3.8) is 0 Å². The number of piperidine rings is 1. The van der Waals surface area contributed by atoms with E-state index in [4.69, 9.17) is 16.0 Å². The average Bonchev–Trinajstić information content (AvgIpc) is 3.48. The molecule has 6 nitrogen and oxygen atoms in total. The molecule has 1 unspecified atom stereocenters. The topological polar surface area (TPSA) is 61.6 Å². The molecule has 0 saturated carbocycles. The highest BCUT2D eigenvalue weighted by molar-refractivity contribution is 6.33. The SMILES string of the molecule is O=C(NCC(c1ccco1)N1CCCC1)C1CCN(c2ncc(C(F)(F)F)cc2Cl)CC1. The molecule has 1 N–H and O–H groups in total. The lowest BCUT2D eigenvalue weighted by atomic mass is 9.95. The Labute approximate surface area is 189 Å². The fraction of sp³-hybridized carbons (Fsp3) is 0.545. The summed E-state index contributed by atoms with van der Waals surface area (Å²) in [5.41, 5.74) is -0.871. The van der Waals surface area contributed by atoms with Gasteiger partial charge in [-0.2, -0.15) is 13.2 Å². The second-order valence-corrected chi connectivity index (χ2v) is 8.72. The van der Waals surface area contributed by atoms with Gasteiger partial charge in [-0.15, -0.1) is 0 Å². The zero-order chi connectivity index (χ0) is 22.7. The summed E-state index contributed by atoms with van der Waals surface area (Å²) in [5, 5.41) is 3.05. The minimum Gasteiger partial charge on any atom is -0.468 e. The van der Waals surface area contributed by atoms with Crippen molar-refractivity contribution in [1.29, 1.82) is 0 Å².